The van der Waals surface area contributed by atoms with E-state index in [1.807, 2.05) is 0 Å². The molecule has 0 aliphatic heterocycles. The number of ether oxygens (including phenoxy) is 1. The first kappa shape index (κ1) is 15.9. The van der Waals surface area contributed by atoms with Crippen LogP contribution in [0.1, 0.15) is 5.56 Å². The summed E-state index contributed by atoms with van der Waals surface area (Å²) in [5.41, 5.74) is -0.431. The molecule has 0 bridgehead atoms. The van der Waals surface area contributed by atoms with Crippen LogP contribution in [-0.2, 0) is 6.18 Å². The molecule has 23 heavy (non-hydrogen) atoms. The lowest BCUT2D eigenvalue weighted by molar-refractivity contribution is -0.138. The maximum Gasteiger partial charge on any atom is 0.419 e. The Labute approximate surface area is 139 Å². The number of alkyl halides is 3. The zero-order chi connectivity index (χ0) is 16.6. The second kappa shape index (κ2) is 5.91. The summed E-state index contributed by atoms with van der Waals surface area (Å²) in [5, 5.41) is 1.03. The SMILES string of the molecule is FC(F)(F)c1ccccc1Oc1ccnc2cc(Cl)cc(Cl)c12. The van der Waals surface area contributed by atoms with Crippen LogP contribution in [-0.4, -0.2) is 4.98 Å². The van der Waals surface area contributed by atoms with Gasteiger partial charge in [-0.1, -0.05) is 35.3 Å². The molecular weight excluding hydrogens is 350 g/mol. The van der Waals surface area contributed by atoms with Gasteiger partial charge in [0.15, 0.2) is 0 Å². The molecule has 0 spiro atoms. The molecule has 0 saturated carbocycles. The van der Waals surface area contributed by atoms with Gasteiger partial charge in [-0.15, -0.1) is 0 Å². The molecule has 0 fully saturated rings. The van der Waals surface area contributed by atoms with E-state index in [2.05, 4.69) is 4.98 Å². The number of pyridine rings is 1. The number of hydrogen-bond acceptors (Lipinski definition) is 2. The Kier molecular flexibility index (Phi) is 4.08. The summed E-state index contributed by atoms with van der Waals surface area (Å²) in [6, 6.07) is 9.46. The third kappa shape index (κ3) is 3.21. The lowest BCUT2D eigenvalue weighted by Crippen LogP contribution is -2.06. The van der Waals surface area contributed by atoms with Gasteiger partial charge in [0.05, 0.1) is 21.5 Å². The van der Waals surface area contributed by atoms with E-state index in [4.69, 9.17) is 27.9 Å². The van der Waals surface area contributed by atoms with Crippen molar-refractivity contribution in [3.8, 4) is 11.5 Å². The molecule has 0 unspecified atom stereocenters. The van der Waals surface area contributed by atoms with Crippen molar-refractivity contribution in [3.63, 3.8) is 0 Å². The van der Waals surface area contributed by atoms with Crippen LogP contribution in [0, 0.1) is 0 Å². The fourth-order valence-corrected chi connectivity index (χ4v) is 2.74. The molecule has 7 heteroatoms. The minimum atomic E-state index is -4.52. The lowest BCUT2D eigenvalue weighted by Gasteiger charge is -2.15. The fraction of sp³-hybridized carbons (Fsp3) is 0.0625. The van der Waals surface area contributed by atoms with E-state index in [0.29, 0.717) is 15.9 Å². The molecular formula is C16H8Cl2F3NO. The molecule has 0 amide bonds. The molecule has 2 aromatic carbocycles. The molecule has 1 heterocycles. The highest BCUT2D eigenvalue weighted by Crippen LogP contribution is 2.40. The summed E-state index contributed by atoms with van der Waals surface area (Å²) in [6.45, 7) is 0. The van der Waals surface area contributed by atoms with E-state index in [1.165, 1.54) is 36.5 Å². The number of fused-ring (bicyclic) bond motifs is 1. The van der Waals surface area contributed by atoms with Crippen molar-refractivity contribution in [1.82, 2.24) is 4.98 Å². The molecule has 0 atom stereocenters. The quantitative estimate of drug-likeness (QED) is 0.532. The number of aromatic nitrogens is 1. The first-order valence-electron chi connectivity index (χ1n) is 6.44. The number of hydrogen-bond donors (Lipinski definition) is 0. The van der Waals surface area contributed by atoms with Crippen molar-refractivity contribution in [2.45, 2.75) is 6.18 Å². The second-order valence-electron chi connectivity index (χ2n) is 4.69. The summed E-state index contributed by atoms with van der Waals surface area (Å²) in [4.78, 5) is 4.11. The summed E-state index contributed by atoms with van der Waals surface area (Å²) in [7, 11) is 0. The van der Waals surface area contributed by atoms with Crippen LogP contribution in [0.4, 0.5) is 13.2 Å². The van der Waals surface area contributed by atoms with Crippen LogP contribution in [0.2, 0.25) is 10.0 Å². The first-order valence-corrected chi connectivity index (χ1v) is 7.19. The predicted octanol–water partition coefficient (Wildman–Crippen LogP) is 6.35. The van der Waals surface area contributed by atoms with E-state index < -0.39 is 11.7 Å². The van der Waals surface area contributed by atoms with E-state index in [1.54, 1.807) is 6.07 Å². The Balaban J connectivity index is 2.14. The van der Waals surface area contributed by atoms with E-state index in [0.717, 1.165) is 6.07 Å². The van der Waals surface area contributed by atoms with Gasteiger partial charge in [-0.2, -0.15) is 13.2 Å². The van der Waals surface area contributed by atoms with E-state index in [-0.39, 0.29) is 16.5 Å². The smallest absolute Gasteiger partial charge is 0.419 e. The Morgan fingerprint density at radius 2 is 1.70 bits per heavy atom. The van der Waals surface area contributed by atoms with Gasteiger partial charge in [-0.05, 0) is 30.3 Å². The van der Waals surface area contributed by atoms with Crippen LogP contribution >= 0.6 is 23.2 Å². The van der Waals surface area contributed by atoms with Crippen molar-refractivity contribution in [3.05, 3.63) is 64.3 Å². The van der Waals surface area contributed by atoms with E-state index >= 15 is 0 Å². The monoisotopic (exact) mass is 357 g/mol. The standard InChI is InChI=1S/C16H8Cl2F3NO/c17-9-7-11(18)15-12(8-9)22-6-5-14(15)23-13-4-2-1-3-10(13)16(19,20)21/h1-8H. The highest BCUT2D eigenvalue weighted by atomic mass is 35.5. The van der Waals surface area contributed by atoms with Crippen LogP contribution in [0.5, 0.6) is 11.5 Å². The van der Waals surface area contributed by atoms with Crippen LogP contribution in [0.3, 0.4) is 0 Å². The summed E-state index contributed by atoms with van der Waals surface area (Å²) < 4.78 is 44.7. The van der Waals surface area contributed by atoms with Crippen molar-refractivity contribution < 1.29 is 17.9 Å². The number of para-hydroxylation sites is 1. The molecule has 0 aliphatic carbocycles. The van der Waals surface area contributed by atoms with Crippen molar-refractivity contribution in [2.24, 2.45) is 0 Å². The van der Waals surface area contributed by atoms with Gasteiger partial charge < -0.3 is 4.74 Å². The van der Waals surface area contributed by atoms with Gasteiger partial charge in [0.25, 0.3) is 0 Å². The Bertz CT molecular complexity index is 881. The van der Waals surface area contributed by atoms with Gasteiger partial charge in [0, 0.05) is 11.2 Å². The number of halogens is 5. The van der Waals surface area contributed by atoms with Gasteiger partial charge in [-0.3, -0.25) is 4.98 Å². The molecule has 118 valence electrons. The summed E-state index contributed by atoms with van der Waals surface area (Å²) in [5.74, 6) is -0.133. The third-order valence-electron chi connectivity index (χ3n) is 3.13. The van der Waals surface area contributed by atoms with Gasteiger partial charge >= 0.3 is 6.18 Å². The Hall–Kier alpha value is -1.98. The van der Waals surface area contributed by atoms with Gasteiger partial charge in [0.1, 0.15) is 11.5 Å². The molecule has 2 nitrogen and oxygen atoms in total. The Morgan fingerprint density at radius 1 is 0.957 bits per heavy atom. The largest absolute Gasteiger partial charge is 0.456 e. The van der Waals surface area contributed by atoms with Crippen LogP contribution in [0.15, 0.2) is 48.7 Å². The van der Waals surface area contributed by atoms with Crippen LogP contribution < -0.4 is 4.74 Å². The average Bonchev–Trinajstić information content (AvgIpc) is 2.46. The van der Waals surface area contributed by atoms with Gasteiger partial charge in [-0.25, -0.2) is 0 Å². The lowest BCUT2D eigenvalue weighted by atomic mass is 10.2. The third-order valence-corrected chi connectivity index (χ3v) is 3.65. The number of benzene rings is 2. The maximum atomic E-state index is 13.1. The predicted molar refractivity (Wildman–Crippen MR) is 83.3 cm³/mol. The minimum Gasteiger partial charge on any atom is -0.456 e. The zero-order valence-electron chi connectivity index (χ0n) is 11.4. The summed E-state index contributed by atoms with van der Waals surface area (Å²) >= 11 is 12.0. The molecule has 0 N–H and O–H groups in total. The molecule has 3 aromatic rings. The highest BCUT2D eigenvalue weighted by Gasteiger charge is 2.34. The zero-order valence-corrected chi connectivity index (χ0v) is 12.9. The molecule has 0 aliphatic rings. The van der Waals surface area contributed by atoms with E-state index in [9.17, 15) is 13.2 Å². The minimum absolute atomic E-state index is 0.174. The number of nitrogens with zero attached hydrogens (tertiary/aromatic N) is 1. The fourth-order valence-electron chi connectivity index (χ4n) is 2.17. The topological polar surface area (TPSA) is 22.1 Å². The van der Waals surface area contributed by atoms with Gasteiger partial charge in [0.2, 0.25) is 0 Å². The Morgan fingerprint density at radius 3 is 2.43 bits per heavy atom. The molecule has 3 rings (SSSR count). The van der Waals surface area contributed by atoms with Crippen molar-refractivity contribution >= 4 is 34.1 Å². The van der Waals surface area contributed by atoms with Crippen LogP contribution in [0.25, 0.3) is 10.9 Å². The van der Waals surface area contributed by atoms with Crippen molar-refractivity contribution in [1.29, 1.82) is 0 Å². The second-order valence-corrected chi connectivity index (χ2v) is 5.53. The molecule has 0 saturated heterocycles. The molecule has 1 aromatic heterocycles. The normalized spacial score (nSPS) is 11.7. The maximum absolute atomic E-state index is 13.1. The molecule has 0 radical (unpaired) electrons. The summed E-state index contributed by atoms with van der Waals surface area (Å²) in [6.07, 6.45) is -3.10. The first-order chi connectivity index (χ1) is 10.9. The highest BCUT2D eigenvalue weighted by molar-refractivity contribution is 6.39. The average molecular weight is 358 g/mol. The van der Waals surface area contributed by atoms with Crippen molar-refractivity contribution in [2.75, 3.05) is 0 Å². The number of rotatable bonds is 2.